The molecule has 1 heterocycles. The number of amides is 1. The lowest BCUT2D eigenvalue weighted by Crippen LogP contribution is -2.68. The summed E-state index contributed by atoms with van der Waals surface area (Å²) < 4.78 is 35.9. The molecule has 0 unspecified atom stereocenters. The molecule has 174 valence electrons. The molecule has 0 radical (unpaired) electrons. The second kappa shape index (κ2) is 11.0. The van der Waals surface area contributed by atoms with Crippen molar-refractivity contribution in [2.24, 2.45) is 0 Å². The van der Waals surface area contributed by atoms with E-state index in [1.165, 1.54) is 11.1 Å². The molecule has 0 aliphatic carbocycles. The summed E-state index contributed by atoms with van der Waals surface area (Å²) in [4.78, 5) is 13.0. The van der Waals surface area contributed by atoms with Gasteiger partial charge in [-0.3, -0.25) is 4.79 Å². The average Bonchev–Trinajstić information content (AvgIpc) is 2.80. The molecular weight excluding hydrogens is 456 g/mol. The molecule has 3 aromatic carbocycles. The van der Waals surface area contributed by atoms with Crippen molar-refractivity contribution < 1.29 is 38.3 Å². The number of halogens is 1. The van der Waals surface area contributed by atoms with Gasteiger partial charge in [-0.1, -0.05) is 58.3 Å². The predicted molar refractivity (Wildman–Crippen MR) is 117 cm³/mol. The van der Waals surface area contributed by atoms with E-state index in [0.717, 1.165) is 22.5 Å². The zero-order valence-corrected chi connectivity index (χ0v) is 19.4. The number of nitrogens with zero attached hydrogens (tertiary/aromatic N) is 1. The van der Waals surface area contributed by atoms with Crippen LogP contribution < -0.4 is 28.7 Å². The van der Waals surface area contributed by atoms with Crippen molar-refractivity contribution in [3.05, 3.63) is 114 Å². The molecule has 4 rings (SSSR count). The minimum Gasteiger partial charge on any atom is -0.264 e. The quantitative estimate of drug-likeness (QED) is 0.429. The first-order valence-corrected chi connectivity index (χ1v) is 11.5. The normalized spacial score (nSPS) is 10.8. The first kappa shape index (κ1) is 25.0. The van der Waals surface area contributed by atoms with Crippen LogP contribution in [0.4, 0.5) is 0 Å². The summed E-state index contributed by atoms with van der Waals surface area (Å²) in [7, 11) is -4.94. The van der Waals surface area contributed by atoms with Crippen LogP contribution in [0.25, 0.3) is 22.5 Å². The van der Waals surface area contributed by atoms with Gasteiger partial charge in [0.1, 0.15) is 0 Å². The maximum Gasteiger partial charge on any atom is 0.305 e. The summed E-state index contributed by atoms with van der Waals surface area (Å²) in [6.45, 7) is 4.13. The molecule has 0 fully saturated rings. The smallest absolute Gasteiger partial charge is 0.264 e. The standard InChI is InChI=1S/C26H22N2O.ClHO4/c1-19-11-15-21(16-12-19)24-9-6-10-25(22-17-13-20(2)14-18-22)28(24)27-26(29)23-7-4-3-5-8-23;2-1(3,4)5/h3-18H,1-2H3;(H,2,3,4,5). The SMILES string of the molecule is Cc1ccc(-c2cccc(-c3ccc(C)cc3)[n+]2NC(=O)c2ccccc2)cc1.[O-][Cl+3]([O-])([O-])[O-]. The van der Waals surface area contributed by atoms with Crippen LogP contribution in [0.1, 0.15) is 21.5 Å². The number of pyridine rings is 1. The van der Waals surface area contributed by atoms with Crippen LogP contribution in [0, 0.1) is 24.1 Å². The zero-order valence-electron chi connectivity index (χ0n) is 18.6. The first-order valence-electron chi connectivity index (χ1n) is 10.3. The van der Waals surface area contributed by atoms with Crippen LogP contribution in [0.2, 0.25) is 0 Å². The van der Waals surface area contributed by atoms with E-state index in [1.54, 1.807) is 0 Å². The Labute approximate surface area is 199 Å². The van der Waals surface area contributed by atoms with Gasteiger partial charge < -0.3 is 0 Å². The minimum absolute atomic E-state index is 0.150. The van der Waals surface area contributed by atoms with E-state index < -0.39 is 10.2 Å². The highest BCUT2D eigenvalue weighted by molar-refractivity contribution is 5.98. The number of hydrogen-bond donors (Lipinski definition) is 1. The molecule has 0 spiro atoms. The summed E-state index contributed by atoms with van der Waals surface area (Å²) in [6.07, 6.45) is 0. The summed E-state index contributed by atoms with van der Waals surface area (Å²) in [5, 5.41) is 0. The van der Waals surface area contributed by atoms with Crippen molar-refractivity contribution >= 4 is 5.91 Å². The number of benzene rings is 3. The van der Waals surface area contributed by atoms with Gasteiger partial charge in [-0.2, -0.15) is 0 Å². The van der Waals surface area contributed by atoms with Gasteiger partial charge >= 0.3 is 5.91 Å². The highest BCUT2D eigenvalue weighted by Crippen LogP contribution is 2.21. The molecule has 34 heavy (non-hydrogen) atoms. The maximum atomic E-state index is 13.0. The van der Waals surface area contributed by atoms with E-state index in [0.29, 0.717) is 5.56 Å². The Hall–Kier alpha value is -3.59. The van der Waals surface area contributed by atoms with E-state index in [9.17, 15) is 4.79 Å². The Morgan fingerprint density at radius 2 is 1.06 bits per heavy atom. The third-order valence-electron chi connectivity index (χ3n) is 4.93. The summed E-state index contributed by atoms with van der Waals surface area (Å²) in [6, 6.07) is 32.0. The lowest BCUT2D eigenvalue weighted by atomic mass is 10.1. The van der Waals surface area contributed by atoms with E-state index in [1.807, 2.05) is 53.2 Å². The molecule has 0 atom stereocenters. The van der Waals surface area contributed by atoms with Crippen LogP contribution in [0.15, 0.2) is 97.1 Å². The Morgan fingerprint density at radius 1 is 0.647 bits per heavy atom. The zero-order chi connectivity index (χ0) is 24.7. The van der Waals surface area contributed by atoms with Crippen molar-refractivity contribution in [2.75, 3.05) is 5.43 Å². The summed E-state index contributed by atoms with van der Waals surface area (Å²) in [5.74, 6) is -0.150. The number of aromatic nitrogens is 1. The molecule has 0 aliphatic heterocycles. The van der Waals surface area contributed by atoms with Gasteiger partial charge in [0.05, 0.1) is 0 Å². The van der Waals surface area contributed by atoms with Crippen LogP contribution in [0.5, 0.6) is 0 Å². The van der Waals surface area contributed by atoms with Crippen LogP contribution >= 0.6 is 0 Å². The number of hydrogen-bond acceptors (Lipinski definition) is 5. The highest BCUT2D eigenvalue weighted by atomic mass is 35.7. The molecule has 1 aromatic heterocycles. The first-order chi connectivity index (χ1) is 16.1. The van der Waals surface area contributed by atoms with Crippen molar-refractivity contribution in [3.63, 3.8) is 0 Å². The molecular formula is C26H23ClN2O5. The van der Waals surface area contributed by atoms with Gasteiger partial charge in [-0.15, -0.1) is 15.7 Å². The lowest BCUT2D eigenvalue weighted by Gasteiger charge is -2.17. The fourth-order valence-electron chi connectivity index (χ4n) is 3.28. The van der Waals surface area contributed by atoms with Gasteiger partial charge in [0, 0.05) is 28.8 Å². The minimum atomic E-state index is -4.94. The van der Waals surface area contributed by atoms with E-state index in [2.05, 4.69) is 67.8 Å². The van der Waals surface area contributed by atoms with Crippen molar-refractivity contribution in [2.45, 2.75) is 13.8 Å². The molecule has 4 aromatic rings. The lowest BCUT2D eigenvalue weighted by molar-refractivity contribution is -2.00. The van der Waals surface area contributed by atoms with Crippen molar-refractivity contribution in [1.29, 1.82) is 0 Å². The Morgan fingerprint density at radius 3 is 1.47 bits per heavy atom. The molecule has 0 saturated carbocycles. The molecule has 8 heteroatoms. The number of carbonyl (C=O) groups is 1. The second-order valence-electron chi connectivity index (χ2n) is 7.55. The number of carbonyl (C=O) groups excluding carboxylic acids is 1. The van der Waals surface area contributed by atoms with Gasteiger partial charge in [0.2, 0.25) is 11.4 Å². The van der Waals surface area contributed by atoms with E-state index in [4.69, 9.17) is 18.6 Å². The molecule has 0 saturated heterocycles. The van der Waals surface area contributed by atoms with Crippen LogP contribution in [-0.4, -0.2) is 5.91 Å². The topological polar surface area (TPSA) is 125 Å². The fraction of sp³-hybridized carbons (Fsp3) is 0.0769. The number of aryl methyl sites for hydroxylation is 2. The Bertz CT molecular complexity index is 1170. The summed E-state index contributed by atoms with van der Waals surface area (Å²) in [5.41, 5.74) is 10.0. The largest absolute Gasteiger partial charge is 0.305 e. The third kappa shape index (κ3) is 7.21. The molecule has 1 amide bonds. The molecule has 0 bridgehead atoms. The fourth-order valence-corrected chi connectivity index (χ4v) is 3.28. The summed E-state index contributed by atoms with van der Waals surface area (Å²) >= 11 is 0. The maximum absolute atomic E-state index is 13.0. The predicted octanol–water partition coefficient (Wildman–Crippen LogP) is 0.553. The number of nitrogens with one attached hydrogen (secondary N) is 1. The van der Waals surface area contributed by atoms with Gasteiger partial charge in [0.25, 0.3) is 0 Å². The average molecular weight is 479 g/mol. The van der Waals surface area contributed by atoms with Crippen LogP contribution in [-0.2, 0) is 0 Å². The second-order valence-corrected chi connectivity index (χ2v) is 8.30. The Kier molecular flexibility index (Phi) is 8.12. The van der Waals surface area contributed by atoms with Crippen LogP contribution in [0.3, 0.4) is 0 Å². The highest BCUT2D eigenvalue weighted by Gasteiger charge is 2.23. The van der Waals surface area contributed by atoms with Crippen molar-refractivity contribution in [3.8, 4) is 22.5 Å². The molecule has 1 N–H and O–H groups in total. The van der Waals surface area contributed by atoms with E-state index >= 15 is 0 Å². The number of rotatable bonds is 4. The molecule has 7 nitrogen and oxygen atoms in total. The van der Waals surface area contributed by atoms with E-state index in [-0.39, 0.29) is 5.91 Å². The van der Waals surface area contributed by atoms with Crippen molar-refractivity contribution in [1.82, 2.24) is 0 Å². The van der Waals surface area contributed by atoms with Gasteiger partial charge in [-0.05, 0) is 56.3 Å². The Balaban J connectivity index is 0.000000588. The molecule has 0 aliphatic rings. The van der Waals surface area contributed by atoms with Gasteiger partial charge in [0.15, 0.2) is 0 Å². The van der Waals surface area contributed by atoms with Gasteiger partial charge in [-0.25, -0.2) is 18.6 Å². The third-order valence-corrected chi connectivity index (χ3v) is 4.93. The monoisotopic (exact) mass is 478 g/mol.